The molecular weight excluding hydrogens is 496 g/mol. The summed E-state index contributed by atoms with van der Waals surface area (Å²) in [6.07, 6.45) is 3.63. The summed E-state index contributed by atoms with van der Waals surface area (Å²) in [5.41, 5.74) is 8.27. The fourth-order valence-electron chi connectivity index (χ4n) is 5.12. The first-order valence-corrected chi connectivity index (χ1v) is 13.7. The summed E-state index contributed by atoms with van der Waals surface area (Å²) in [5, 5.41) is 12.5. The molecule has 1 atom stereocenters. The molecule has 2 aliphatic rings. The molecule has 39 heavy (non-hydrogen) atoms. The van der Waals surface area contributed by atoms with Gasteiger partial charge in [-0.05, 0) is 94.8 Å². The van der Waals surface area contributed by atoms with Crippen LogP contribution >= 0.6 is 0 Å². The normalized spacial score (nSPS) is 21.4. The second kappa shape index (κ2) is 12.3. The molecule has 9 nitrogen and oxygen atoms in total. The maximum atomic E-state index is 12.9. The van der Waals surface area contributed by atoms with Gasteiger partial charge in [0.2, 0.25) is 11.8 Å². The third-order valence-corrected chi connectivity index (χ3v) is 7.26. The van der Waals surface area contributed by atoms with Gasteiger partial charge in [-0.25, -0.2) is 4.79 Å². The van der Waals surface area contributed by atoms with Crippen LogP contribution in [0.5, 0.6) is 0 Å². The molecule has 2 aromatic rings. The first-order chi connectivity index (χ1) is 18.5. The van der Waals surface area contributed by atoms with Crippen molar-refractivity contribution in [1.82, 2.24) is 4.90 Å². The zero-order valence-electron chi connectivity index (χ0n) is 23.1. The summed E-state index contributed by atoms with van der Waals surface area (Å²) in [5.74, 6) is -0.673. The molecule has 1 saturated heterocycles. The van der Waals surface area contributed by atoms with Crippen LogP contribution in [-0.2, 0) is 20.7 Å². The molecule has 1 heterocycles. The van der Waals surface area contributed by atoms with Gasteiger partial charge in [0.05, 0.1) is 24.3 Å². The van der Waals surface area contributed by atoms with E-state index in [4.69, 9.17) is 10.5 Å². The summed E-state index contributed by atoms with van der Waals surface area (Å²) in [7, 11) is 0. The number of rotatable bonds is 7. The molecular formula is C30H40N4O5. The molecule has 1 aliphatic carbocycles. The Bertz CT molecular complexity index is 1150. The van der Waals surface area contributed by atoms with Gasteiger partial charge in [0.15, 0.2) is 0 Å². The van der Waals surface area contributed by atoms with Gasteiger partial charge in [0, 0.05) is 30.5 Å². The first kappa shape index (κ1) is 28.7. The van der Waals surface area contributed by atoms with Crippen molar-refractivity contribution in [3.05, 3.63) is 59.7 Å². The summed E-state index contributed by atoms with van der Waals surface area (Å²) < 4.78 is 5.36. The van der Waals surface area contributed by atoms with Gasteiger partial charge in [-0.3, -0.25) is 14.5 Å². The van der Waals surface area contributed by atoms with Crippen molar-refractivity contribution in [2.24, 2.45) is 5.73 Å². The lowest BCUT2D eigenvalue weighted by molar-refractivity contribution is -0.122. The fourth-order valence-corrected chi connectivity index (χ4v) is 5.12. The minimum Gasteiger partial charge on any atom is -0.456 e. The number of benzene rings is 2. The number of carbonyl (C=O) groups is 3. The van der Waals surface area contributed by atoms with Gasteiger partial charge < -0.3 is 25.8 Å². The number of carbonyl (C=O) groups excluding carboxylic acids is 3. The van der Waals surface area contributed by atoms with Crippen LogP contribution in [0.2, 0.25) is 0 Å². The number of aliphatic hydroxyl groups excluding tert-OH is 1. The highest BCUT2D eigenvalue weighted by Crippen LogP contribution is 2.26. The Morgan fingerprint density at radius 2 is 1.67 bits per heavy atom. The average molecular weight is 537 g/mol. The smallest absolute Gasteiger partial charge is 0.338 e. The number of esters is 1. The molecule has 2 fully saturated rings. The highest BCUT2D eigenvalue weighted by Gasteiger charge is 2.31. The number of nitrogens with two attached hydrogens (primary N) is 1. The molecule has 0 aromatic heterocycles. The van der Waals surface area contributed by atoms with E-state index >= 15 is 0 Å². The number of hydrogen-bond acceptors (Lipinski definition) is 7. The van der Waals surface area contributed by atoms with Crippen LogP contribution in [0, 0.1) is 0 Å². The predicted octanol–water partition coefficient (Wildman–Crippen LogP) is 3.10. The van der Waals surface area contributed by atoms with E-state index in [0.29, 0.717) is 36.8 Å². The predicted molar refractivity (Wildman–Crippen MR) is 151 cm³/mol. The lowest BCUT2D eigenvalue weighted by atomic mass is 9.91. The zero-order chi connectivity index (χ0) is 28.2. The van der Waals surface area contributed by atoms with Crippen molar-refractivity contribution in [1.29, 1.82) is 0 Å². The van der Waals surface area contributed by atoms with Gasteiger partial charge in [0.25, 0.3) is 0 Å². The summed E-state index contributed by atoms with van der Waals surface area (Å²) >= 11 is 0. The first-order valence-electron chi connectivity index (χ1n) is 13.7. The maximum Gasteiger partial charge on any atom is 0.338 e. The fraction of sp³-hybridized carbons (Fsp3) is 0.500. The number of aliphatic hydroxyl groups is 1. The van der Waals surface area contributed by atoms with E-state index < -0.39 is 17.6 Å². The number of piperazine rings is 1. The lowest BCUT2D eigenvalue weighted by Crippen LogP contribution is -2.54. The van der Waals surface area contributed by atoms with E-state index in [1.807, 2.05) is 29.2 Å². The van der Waals surface area contributed by atoms with Crippen LogP contribution in [0.25, 0.3) is 0 Å². The topological polar surface area (TPSA) is 125 Å². The van der Waals surface area contributed by atoms with Crippen molar-refractivity contribution in [3.8, 4) is 0 Å². The number of ether oxygens (including phenoxy) is 1. The molecule has 4 rings (SSSR count). The van der Waals surface area contributed by atoms with E-state index in [1.165, 1.54) is 0 Å². The molecule has 210 valence electrons. The Morgan fingerprint density at radius 1 is 1.03 bits per heavy atom. The number of nitrogens with zero attached hydrogens (tertiary/aromatic N) is 2. The molecule has 0 radical (unpaired) electrons. The minimum atomic E-state index is -0.763. The summed E-state index contributed by atoms with van der Waals surface area (Å²) in [6.45, 7) is 7.26. The van der Waals surface area contributed by atoms with Crippen LogP contribution in [0.1, 0.15) is 62.4 Å². The van der Waals surface area contributed by atoms with E-state index in [1.54, 1.807) is 45.0 Å². The average Bonchev–Trinajstić information content (AvgIpc) is 2.89. The van der Waals surface area contributed by atoms with Crippen molar-refractivity contribution in [2.45, 2.75) is 76.7 Å². The van der Waals surface area contributed by atoms with Gasteiger partial charge >= 0.3 is 5.97 Å². The number of nitrogens with one attached hydrogen (secondary N) is 1. The van der Waals surface area contributed by atoms with Crippen LogP contribution in [0.15, 0.2) is 48.5 Å². The number of anilines is 2. The molecule has 1 saturated carbocycles. The molecule has 9 heteroatoms. The molecule has 1 aliphatic heterocycles. The highest BCUT2D eigenvalue weighted by molar-refractivity contribution is 5.96. The van der Waals surface area contributed by atoms with Crippen molar-refractivity contribution in [2.75, 3.05) is 29.9 Å². The van der Waals surface area contributed by atoms with Crippen molar-refractivity contribution < 1.29 is 24.2 Å². The van der Waals surface area contributed by atoms with E-state index in [0.717, 1.165) is 43.5 Å². The highest BCUT2D eigenvalue weighted by atomic mass is 16.6. The third-order valence-electron chi connectivity index (χ3n) is 7.26. The lowest BCUT2D eigenvalue weighted by Gasteiger charge is -2.40. The molecule has 2 amide bonds. The van der Waals surface area contributed by atoms with Crippen LogP contribution in [0.3, 0.4) is 0 Å². The second-order valence-electron chi connectivity index (χ2n) is 11.5. The van der Waals surface area contributed by atoms with Crippen molar-refractivity contribution >= 4 is 29.2 Å². The van der Waals surface area contributed by atoms with Gasteiger partial charge in [-0.1, -0.05) is 12.1 Å². The second-order valence-corrected chi connectivity index (χ2v) is 11.5. The molecule has 2 aromatic carbocycles. The quantitative estimate of drug-likeness (QED) is 0.465. The Labute approximate surface area is 230 Å². The zero-order valence-corrected chi connectivity index (χ0v) is 23.1. The van der Waals surface area contributed by atoms with Crippen molar-refractivity contribution in [3.63, 3.8) is 0 Å². The Balaban J connectivity index is 1.26. The van der Waals surface area contributed by atoms with Crippen LogP contribution in [-0.4, -0.2) is 71.2 Å². The largest absolute Gasteiger partial charge is 0.456 e. The summed E-state index contributed by atoms with van der Waals surface area (Å²) in [4.78, 5) is 41.8. The maximum absolute atomic E-state index is 12.9. The van der Waals surface area contributed by atoms with E-state index in [9.17, 15) is 19.5 Å². The van der Waals surface area contributed by atoms with Gasteiger partial charge in [-0.2, -0.15) is 0 Å². The summed E-state index contributed by atoms with van der Waals surface area (Å²) in [6, 6.07) is 13.7. The van der Waals surface area contributed by atoms with E-state index in [-0.39, 0.29) is 17.9 Å². The van der Waals surface area contributed by atoms with Crippen LogP contribution < -0.4 is 16.0 Å². The van der Waals surface area contributed by atoms with Gasteiger partial charge in [-0.15, -0.1) is 0 Å². The number of hydrogen-bond donors (Lipinski definition) is 3. The molecule has 0 unspecified atom stereocenters. The molecule has 0 spiro atoms. The van der Waals surface area contributed by atoms with Crippen LogP contribution in [0.4, 0.5) is 11.4 Å². The standard InChI is InChI=1S/C30H40N4O5/c1-30(2,3)39-29(38)21-6-8-22(9-7-21)32-28(37)26(31)18-20-4-10-24(11-5-20)34-17-16-33(19-27(34)36)23-12-14-25(35)15-13-23/h4-11,23,25-26,35H,12-19,31H2,1-3H3,(H,32,37)/t23?,25?,26-/m0/s1. The van der Waals surface area contributed by atoms with E-state index in [2.05, 4.69) is 10.2 Å². The minimum absolute atomic E-state index is 0.0777. The Hall–Kier alpha value is -3.27. The Kier molecular flexibility index (Phi) is 9.04. The third kappa shape index (κ3) is 7.88. The molecule has 0 bridgehead atoms. The number of amides is 2. The Morgan fingerprint density at radius 3 is 2.26 bits per heavy atom. The van der Waals surface area contributed by atoms with Gasteiger partial charge in [0.1, 0.15) is 5.60 Å². The SMILES string of the molecule is CC(C)(C)OC(=O)c1ccc(NC(=O)[C@@H](N)Cc2ccc(N3CCN(C4CCC(O)CC4)CC3=O)cc2)cc1. The molecule has 4 N–H and O–H groups in total. The monoisotopic (exact) mass is 536 g/mol.